The van der Waals surface area contributed by atoms with E-state index >= 15 is 0 Å². The van der Waals surface area contributed by atoms with E-state index in [1.165, 1.54) is 16.7 Å². The first-order valence-corrected chi connectivity index (χ1v) is 9.69. The molecule has 1 aromatic heterocycles. The van der Waals surface area contributed by atoms with Crippen LogP contribution in [-0.4, -0.2) is 9.97 Å². The Balaban J connectivity index is 1.98. The summed E-state index contributed by atoms with van der Waals surface area (Å²) >= 11 is 0. The standard InChI is InChI=1S/C24H27N3O/c1-14-8-9-19-20(10-14)28-23-22(25-13-17(4)26-23)27(19)21-15(2)11-18(12-16(21)3)24(5,6)7/h8-13H,1-7H3. The zero-order valence-corrected chi connectivity index (χ0v) is 17.7. The first-order valence-electron chi connectivity index (χ1n) is 9.69. The Labute approximate surface area is 167 Å². The molecule has 4 rings (SSSR count). The summed E-state index contributed by atoms with van der Waals surface area (Å²) in [5.74, 6) is 2.10. The maximum Gasteiger partial charge on any atom is 0.264 e. The lowest BCUT2D eigenvalue weighted by Crippen LogP contribution is -2.21. The molecule has 28 heavy (non-hydrogen) atoms. The van der Waals surface area contributed by atoms with E-state index in [-0.39, 0.29) is 5.41 Å². The van der Waals surface area contributed by atoms with E-state index < -0.39 is 0 Å². The molecule has 0 N–H and O–H groups in total. The van der Waals surface area contributed by atoms with Gasteiger partial charge >= 0.3 is 0 Å². The molecule has 0 unspecified atom stereocenters. The Bertz CT molecular complexity index is 1010. The van der Waals surface area contributed by atoms with Gasteiger partial charge in [-0.15, -0.1) is 0 Å². The maximum atomic E-state index is 6.13. The van der Waals surface area contributed by atoms with Crippen LogP contribution in [-0.2, 0) is 5.41 Å². The van der Waals surface area contributed by atoms with Crippen molar-refractivity contribution in [2.24, 2.45) is 0 Å². The lowest BCUT2D eigenvalue weighted by molar-refractivity contribution is 0.452. The van der Waals surface area contributed by atoms with Gasteiger partial charge in [-0.2, -0.15) is 0 Å². The van der Waals surface area contributed by atoms with Crippen molar-refractivity contribution in [2.45, 2.75) is 53.9 Å². The minimum Gasteiger partial charge on any atom is -0.434 e. The van der Waals surface area contributed by atoms with Crippen LogP contribution in [0.5, 0.6) is 11.6 Å². The van der Waals surface area contributed by atoms with E-state index in [2.05, 4.69) is 86.7 Å². The molecule has 2 aromatic carbocycles. The molecule has 0 saturated heterocycles. The second-order valence-corrected chi connectivity index (χ2v) is 8.76. The van der Waals surface area contributed by atoms with Crippen molar-refractivity contribution in [2.75, 3.05) is 4.90 Å². The largest absolute Gasteiger partial charge is 0.434 e. The molecule has 0 saturated carbocycles. The van der Waals surface area contributed by atoms with Crippen LogP contribution in [0.15, 0.2) is 36.5 Å². The average Bonchev–Trinajstić information content (AvgIpc) is 2.59. The van der Waals surface area contributed by atoms with Gasteiger partial charge in [-0.1, -0.05) is 39.0 Å². The van der Waals surface area contributed by atoms with Crippen LogP contribution in [0.2, 0.25) is 0 Å². The molecule has 3 aromatic rings. The van der Waals surface area contributed by atoms with Gasteiger partial charge in [0.1, 0.15) is 0 Å². The van der Waals surface area contributed by atoms with Crippen LogP contribution in [0, 0.1) is 27.7 Å². The highest BCUT2D eigenvalue weighted by molar-refractivity contribution is 5.86. The molecule has 1 aliphatic heterocycles. The minimum atomic E-state index is 0.100. The Morgan fingerprint density at radius 1 is 0.929 bits per heavy atom. The number of hydrogen-bond acceptors (Lipinski definition) is 4. The molecular formula is C24H27N3O. The van der Waals surface area contributed by atoms with E-state index in [4.69, 9.17) is 4.74 Å². The molecule has 0 aliphatic carbocycles. The third kappa shape index (κ3) is 3.03. The highest BCUT2D eigenvalue weighted by Crippen LogP contribution is 2.50. The number of aryl methyl sites for hydroxylation is 4. The van der Waals surface area contributed by atoms with Crippen LogP contribution in [0.4, 0.5) is 17.2 Å². The number of aromatic nitrogens is 2. The molecule has 0 spiro atoms. The van der Waals surface area contributed by atoms with Gasteiger partial charge in [0.15, 0.2) is 5.75 Å². The van der Waals surface area contributed by atoms with Gasteiger partial charge in [0.2, 0.25) is 5.82 Å². The summed E-state index contributed by atoms with van der Waals surface area (Å²) in [4.78, 5) is 11.5. The Kier molecular flexibility index (Phi) is 4.18. The van der Waals surface area contributed by atoms with Gasteiger partial charge in [-0.25, -0.2) is 9.97 Å². The summed E-state index contributed by atoms with van der Waals surface area (Å²) in [5.41, 5.74) is 7.98. The van der Waals surface area contributed by atoms with E-state index in [9.17, 15) is 0 Å². The number of fused-ring (bicyclic) bond motifs is 2. The summed E-state index contributed by atoms with van der Waals surface area (Å²) in [6.07, 6.45) is 1.79. The molecule has 0 atom stereocenters. The van der Waals surface area contributed by atoms with Gasteiger partial charge in [-0.3, -0.25) is 4.90 Å². The van der Waals surface area contributed by atoms with Crippen molar-refractivity contribution in [3.05, 3.63) is 64.5 Å². The molecule has 0 bridgehead atoms. The van der Waals surface area contributed by atoms with Crippen LogP contribution >= 0.6 is 0 Å². The zero-order chi connectivity index (χ0) is 20.2. The highest BCUT2D eigenvalue weighted by Gasteiger charge is 2.31. The maximum absolute atomic E-state index is 6.13. The van der Waals surface area contributed by atoms with Crippen LogP contribution in [0.3, 0.4) is 0 Å². The number of anilines is 3. The van der Waals surface area contributed by atoms with Gasteiger partial charge in [0.05, 0.1) is 23.3 Å². The zero-order valence-electron chi connectivity index (χ0n) is 17.7. The normalized spacial score (nSPS) is 13.0. The fraction of sp³-hybridized carbons (Fsp3) is 0.333. The SMILES string of the molecule is Cc1ccc2c(c1)Oc1nc(C)cnc1N2c1c(C)cc(C(C)(C)C)cc1C. The van der Waals surface area contributed by atoms with Crippen molar-refractivity contribution in [3.63, 3.8) is 0 Å². The smallest absolute Gasteiger partial charge is 0.264 e. The number of nitrogens with zero attached hydrogens (tertiary/aromatic N) is 3. The summed E-state index contributed by atoms with van der Waals surface area (Å²) in [7, 11) is 0. The van der Waals surface area contributed by atoms with Crippen LogP contribution in [0.25, 0.3) is 0 Å². The molecule has 4 heteroatoms. The number of ether oxygens (including phenoxy) is 1. The van der Waals surface area contributed by atoms with Gasteiger partial charge in [0, 0.05) is 0 Å². The van der Waals surface area contributed by atoms with E-state index in [1.807, 2.05) is 6.92 Å². The fourth-order valence-electron chi connectivity index (χ4n) is 3.74. The Hall–Kier alpha value is -2.88. The number of benzene rings is 2. The second-order valence-electron chi connectivity index (χ2n) is 8.76. The lowest BCUT2D eigenvalue weighted by Gasteiger charge is -2.34. The Morgan fingerprint density at radius 3 is 2.25 bits per heavy atom. The fourth-order valence-corrected chi connectivity index (χ4v) is 3.74. The number of hydrogen-bond donors (Lipinski definition) is 0. The summed E-state index contributed by atoms with van der Waals surface area (Å²) < 4.78 is 6.13. The van der Waals surface area contributed by atoms with Crippen molar-refractivity contribution >= 4 is 17.2 Å². The van der Waals surface area contributed by atoms with Crippen molar-refractivity contribution in [1.82, 2.24) is 9.97 Å². The number of rotatable bonds is 1. The predicted octanol–water partition coefficient (Wildman–Crippen LogP) is 6.58. The minimum absolute atomic E-state index is 0.100. The van der Waals surface area contributed by atoms with Crippen molar-refractivity contribution < 1.29 is 4.74 Å². The van der Waals surface area contributed by atoms with E-state index in [1.54, 1.807) is 6.20 Å². The van der Waals surface area contributed by atoms with Gasteiger partial charge in [-0.05, 0) is 67.5 Å². The van der Waals surface area contributed by atoms with Gasteiger partial charge < -0.3 is 4.74 Å². The third-order valence-electron chi connectivity index (χ3n) is 5.20. The molecule has 0 fully saturated rings. The molecular weight excluding hydrogens is 346 g/mol. The Morgan fingerprint density at radius 2 is 1.61 bits per heavy atom. The topological polar surface area (TPSA) is 38.3 Å². The molecule has 144 valence electrons. The first-order chi connectivity index (χ1) is 13.1. The van der Waals surface area contributed by atoms with Crippen LogP contribution in [0.1, 0.15) is 48.7 Å². The molecule has 2 heterocycles. The summed E-state index contributed by atoms with van der Waals surface area (Å²) in [5, 5.41) is 0. The highest BCUT2D eigenvalue weighted by atomic mass is 16.5. The molecule has 1 aliphatic rings. The van der Waals surface area contributed by atoms with Crippen molar-refractivity contribution in [1.29, 1.82) is 0 Å². The van der Waals surface area contributed by atoms with E-state index in [0.29, 0.717) is 5.88 Å². The van der Waals surface area contributed by atoms with Crippen LogP contribution < -0.4 is 9.64 Å². The predicted molar refractivity (Wildman–Crippen MR) is 114 cm³/mol. The third-order valence-corrected chi connectivity index (χ3v) is 5.20. The first kappa shape index (κ1) is 18.5. The van der Waals surface area contributed by atoms with E-state index in [0.717, 1.165) is 34.2 Å². The quantitative estimate of drug-likeness (QED) is 0.377. The lowest BCUT2D eigenvalue weighted by atomic mass is 9.84. The second kappa shape index (κ2) is 6.33. The van der Waals surface area contributed by atoms with Gasteiger partial charge in [0.25, 0.3) is 5.88 Å². The molecule has 4 nitrogen and oxygen atoms in total. The molecule has 0 amide bonds. The average molecular weight is 374 g/mol. The summed E-state index contributed by atoms with van der Waals surface area (Å²) in [6.45, 7) is 15.1. The summed E-state index contributed by atoms with van der Waals surface area (Å²) in [6, 6.07) is 10.8. The monoisotopic (exact) mass is 373 g/mol. The molecule has 0 radical (unpaired) electrons. The van der Waals surface area contributed by atoms with Crippen molar-refractivity contribution in [3.8, 4) is 11.6 Å².